The van der Waals surface area contributed by atoms with Crippen LogP contribution >= 0.6 is 0 Å². The van der Waals surface area contributed by atoms with Crippen molar-refractivity contribution in [2.45, 2.75) is 19.9 Å². The van der Waals surface area contributed by atoms with E-state index in [2.05, 4.69) is 23.1 Å². The molecule has 1 aromatic heterocycles. The minimum atomic E-state index is 0.194. The summed E-state index contributed by atoms with van der Waals surface area (Å²) >= 11 is 0. The summed E-state index contributed by atoms with van der Waals surface area (Å²) in [6, 6.07) is 0. The van der Waals surface area contributed by atoms with Crippen molar-refractivity contribution in [3.8, 4) is 0 Å². The van der Waals surface area contributed by atoms with E-state index in [1.165, 1.54) is 0 Å². The molecule has 0 aliphatic carbocycles. The second-order valence-corrected chi connectivity index (χ2v) is 3.53. The molecule has 0 aromatic carbocycles. The zero-order chi connectivity index (χ0) is 12.7. The van der Waals surface area contributed by atoms with Gasteiger partial charge in [-0.25, -0.2) is 4.68 Å². The molecule has 1 heterocycles. The predicted molar refractivity (Wildman–Crippen MR) is 68.2 cm³/mol. The van der Waals surface area contributed by atoms with E-state index in [9.17, 15) is 0 Å². The van der Waals surface area contributed by atoms with E-state index in [1.807, 2.05) is 12.2 Å². The summed E-state index contributed by atoms with van der Waals surface area (Å²) < 4.78 is 6.53. The van der Waals surface area contributed by atoms with E-state index >= 15 is 0 Å². The lowest BCUT2D eigenvalue weighted by molar-refractivity contribution is 0.234. The highest BCUT2D eigenvalue weighted by Crippen LogP contribution is 2.08. The molecule has 0 aliphatic rings. The molecule has 1 aromatic rings. The summed E-state index contributed by atoms with van der Waals surface area (Å²) in [4.78, 5) is 3.85. The van der Waals surface area contributed by atoms with Gasteiger partial charge in [0.25, 0.3) is 0 Å². The van der Waals surface area contributed by atoms with Crippen molar-refractivity contribution in [3.63, 3.8) is 0 Å². The number of aromatic nitrogens is 3. The molecule has 6 nitrogen and oxygen atoms in total. The lowest BCUT2D eigenvalue weighted by atomic mass is 10.2. The first kappa shape index (κ1) is 13.2. The Morgan fingerprint density at radius 3 is 2.76 bits per heavy atom. The molecule has 0 saturated carbocycles. The van der Waals surface area contributed by atoms with Gasteiger partial charge in [-0.15, -0.1) is 5.10 Å². The summed E-state index contributed by atoms with van der Waals surface area (Å²) in [5, 5.41) is 4.01. The second kappa shape index (κ2) is 6.70. The largest absolute Gasteiger partial charge is 0.381 e. The van der Waals surface area contributed by atoms with Crippen LogP contribution in [0.15, 0.2) is 23.8 Å². The number of hydrogen-bond donors (Lipinski definition) is 2. The van der Waals surface area contributed by atoms with E-state index in [1.54, 1.807) is 11.8 Å². The lowest BCUT2D eigenvalue weighted by Crippen LogP contribution is -2.07. The highest BCUT2D eigenvalue weighted by Gasteiger charge is 2.04. The molecule has 4 N–H and O–H groups in total. The highest BCUT2D eigenvalue weighted by molar-refractivity contribution is 5.28. The molecule has 0 atom stereocenters. The van der Waals surface area contributed by atoms with Crippen LogP contribution in [0.2, 0.25) is 0 Å². The molecule has 0 spiro atoms. The fourth-order valence-corrected chi connectivity index (χ4v) is 1.40. The van der Waals surface area contributed by atoms with Crippen LogP contribution in [0.25, 0.3) is 0 Å². The first-order valence-electron chi connectivity index (χ1n) is 5.47. The zero-order valence-electron chi connectivity index (χ0n) is 10.3. The van der Waals surface area contributed by atoms with Gasteiger partial charge in [0.1, 0.15) is 0 Å². The van der Waals surface area contributed by atoms with Gasteiger partial charge in [-0.05, 0) is 12.0 Å². The number of hydrogen-bond acceptors (Lipinski definition) is 5. The number of allylic oxidation sites excluding steroid dienone is 3. The topological polar surface area (TPSA) is 92.0 Å². The third-order valence-electron chi connectivity index (χ3n) is 2.11. The Labute approximate surface area is 101 Å². The molecule has 0 fully saturated rings. The smallest absolute Gasteiger partial charge is 0.241 e. The molecule has 0 saturated heterocycles. The van der Waals surface area contributed by atoms with Crippen LogP contribution in [0, 0.1) is 0 Å². The van der Waals surface area contributed by atoms with E-state index < -0.39 is 0 Å². The maximum absolute atomic E-state index is 5.67. The van der Waals surface area contributed by atoms with Crippen LogP contribution < -0.4 is 11.5 Å². The quantitative estimate of drug-likeness (QED) is 0.719. The molecule has 0 aliphatic heterocycles. The normalized spacial score (nSPS) is 12.5. The zero-order valence-corrected chi connectivity index (χ0v) is 10.3. The Bertz CT molecular complexity index is 408. The summed E-state index contributed by atoms with van der Waals surface area (Å²) in [5.74, 6) is 0.517. The van der Waals surface area contributed by atoms with Crippen LogP contribution in [-0.4, -0.2) is 28.5 Å². The van der Waals surface area contributed by atoms with Gasteiger partial charge in [0, 0.05) is 7.11 Å². The fraction of sp³-hybridized carbons (Fsp3) is 0.455. The van der Waals surface area contributed by atoms with E-state index in [0.717, 1.165) is 12.0 Å². The van der Waals surface area contributed by atoms with Crippen molar-refractivity contribution in [2.75, 3.05) is 25.2 Å². The molecule has 0 radical (unpaired) electrons. The van der Waals surface area contributed by atoms with E-state index in [0.29, 0.717) is 19.1 Å². The van der Waals surface area contributed by atoms with Gasteiger partial charge in [-0.1, -0.05) is 25.2 Å². The van der Waals surface area contributed by atoms with Crippen molar-refractivity contribution in [2.24, 2.45) is 0 Å². The monoisotopic (exact) mass is 237 g/mol. The molecule has 1 rings (SSSR count). The second-order valence-electron chi connectivity index (χ2n) is 3.53. The van der Waals surface area contributed by atoms with Crippen molar-refractivity contribution in [1.82, 2.24) is 14.8 Å². The number of methoxy groups -OCH3 is 1. The molecule has 94 valence electrons. The standard InChI is InChI=1S/C11H19N5O/c1-3-5-9(6-4-7-17-2)8-16-11(13)14-10(12)15-16/h4-6H,3,7-8H2,1-2H3,(H4,12,13,14,15)/b6-4-,9-5+. The Kier molecular flexibility index (Phi) is 5.22. The van der Waals surface area contributed by atoms with Crippen LogP contribution in [0.3, 0.4) is 0 Å². The van der Waals surface area contributed by atoms with Crippen molar-refractivity contribution in [3.05, 3.63) is 23.8 Å². The predicted octanol–water partition coefficient (Wildman–Crippen LogP) is 0.982. The van der Waals surface area contributed by atoms with Crippen molar-refractivity contribution >= 4 is 11.9 Å². The summed E-state index contributed by atoms with van der Waals surface area (Å²) in [6.07, 6.45) is 6.97. The molecular weight excluding hydrogens is 218 g/mol. The Morgan fingerprint density at radius 2 is 2.24 bits per heavy atom. The molecule has 0 amide bonds. The fourth-order valence-electron chi connectivity index (χ4n) is 1.40. The van der Waals surface area contributed by atoms with Gasteiger partial charge in [0.2, 0.25) is 11.9 Å². The number of nitrogen functional groups attached to an aromatic ring is 2. The van der Waals surface area contributed by atoms with Crippen molar-refractivity contribution < 1.29 is 4.74 Å². The van der Waals surface area contributed by atoms with Crippen molar-refractivity contribution in [1.29, 1.82) is 0 Å². The SMILES string of the molecule is CC/C=C(\C=C/COC)Cn1nc(N)nc1N. The molecule has 0 bridgehead atoms. The summed E-state index contributed by atoms with van der Waals surface area (Å²) in [5.41, 5.74) is 12.2. The third kappa shape index (κ3) is 4.28. The first-order chi connectivity index (χ1) is 8.17. The summed E-state index contributed by atoms with van der Waals surface area (Å²) in [7, 11) is 1.66. The van der Waals surface area contributed by atoms with Gasteiger partial charge < -0.3 is 16.2 Å². The van der Waals surface area contributed by atoms with Gasteiger partial charge in [-0.3, -0.25) is 0 Å². The summed E-state index contributed by atoms with van der Waals surface area (Å²) in [6.45, 7) is 3.21. The Morgan fingerprint density at radius 1 is 1.47 bits per heavy atom. The number of ether oxygens (including phenoxy) is 1. The number of anilines is 2. The van der Waals surface area contributed by atoms with Crippen LogP contribution in [0.1, 0.15) is 13.3 Å². The minimum Gasteiger partial charge on any atom is -0.381 e. The Balaban J connectivity index is 2.73. The van der Waals surface area contributed by atoms with Gasteiger partial charge in [0.05, 0.1) is 13.2 Å². The van der Waals surface area contributed by atoms with Gasteiger partial charge in [-0.2, -0.15) is 4.98 Å². The molecular formula is C11H19N5O. The number of nitrogens with zero attached hydrogens (tertiary/aromatic N) is 3. The average molecular weight is 237 g/mol. The van der Waals surface area contributed by atoms with Gasteiger partial charge in [0.15, 0.2) is 0 Å². The van der Waals surface area contributed by atoms with E-state index in [-0.39, 0.29) is 5.95 Å². The van der Waals surface area contributed by atoms with E-state index in [4.69, 9.17) is 16.2 Å². The highest BCUT2D eigenvalue weighted by atomic mass is 16.5. The van der Waals surface area contributed by atoms with Gasteiger partial charge >= 0.3 is 0 Å². The van der Waals surface area contributed by atoms with Crippen LogP contribution in [0.5, 0.6) is 0 Å². The maximum atomic E-state index is 5.67. The third-order valence-corrected chi connectivity index (χ3v) is 2.11. The van der Waals surface area contributed by atoms with Crippen LogP contribution in [0.4, 0.5) is 11.9 Å². The molecule has 6 heteroatoms. The average Bonchev–Trinajstić information content (AvgIpc) is 2.58. The Hall–Kier alpha value is -1.82. The lowest BCUT2D eigenvalue weighted by Gasteiger charge is -2.03. The first-order valence-corrected chi connectivity index (χ1v) is 5.47. The number of rotatable bonds is 6. The molecule has 17 heavy (non-hydrogen) atoms. The minimum absolute atomic E-state index is 0.194. The number of nitrogens with two attached hydrogens (primary N) is 2. The maximum Gasteiger partial charge on any atom is 0.241 e. The van der Waals surface area contributed by atoms with Crippen LogP contribution in [-0.2, 0) is 11.3 Å². The molecule has 0 unspecified atom stereocenters.